The van der Waals surface area contributed by atoms with Crippen LogP contribution in [0.25, 0.3) is 0 Å². The van der Waals surface area contributed by atoms with Crippen molar-refractivity contribution in [1.29, 1.82) is 0 Å². The SMILES string of the molecule is CCCCC(N)CCCCCC(C)C. The highest BCUT2D eigenvalue weighted by atomic mass is 14.6. The highest BCUT2D eigenvalue weighted by Gasteiger charge is 2.01. The van der Waals surface area contributed by atoms with Crippen molar-refractivity contribution in [1.82, 2.24) is 0 Å². The zero-order chi connectivity index (χ0) is 10.8. The summed E-state index contributed by atoms with van der Waals surface area (Å²) in [5.41, 5.74) is 6.00. The van der Waals surface area contributed by atoms with Gasteiger partial charge in [0, 0.05) is 6.04 Å². The zero-order valence-electron chi connectivity index (χ0n) is 10.4. The predicted molar refractivity (Wildman–Crippen MR) is 65.4 cm³/mol. The van der Waals surface area contributed by atoms with Crippen molar-refractivity contribution < 1.29 is 0 Å². The summed E-state index contributed by atoms with van der Waals surface area (Å²) >= 11 is 0. The van der Waals surface area contributed by atoms with E-state index < -0.39 is 0 Å². The van der Waals surface area contributed by atoms with Gasteiger partial charge in [-0.3, -0.25) is 0 Å². The molecule has 0 aromatic carbocycles. The molecule has 0 heterocycles. The van der Waals surface area contributed by atoms with Crippen LogP contribution in [0.15, 0.2) is 0 Å². The zero-order valence-corrected chi connectivity index (χ0v) is 10.4. The topological polar surface area (TPSA) is 26.0 Å². The van der Waals surface area contributed by atoms with Gasteiger partial charge in [-0.1, -0.05) is 59.3 Å². The fourth-order valence-electron chi connectivity index (χ4n) is 1.75. The third kappa shape index (κ3) is 10.0. The summed E-state index contributed by atoms with van der Waals surface area (Å²) in [6.07, 6.45) is 10.5. The molecular formula is C13H29N. The number of hydrogen-bond donors (Lipinski definition) is 1. The van der Waals surface area contributed by atoms with Crippen LogP contribution < -0.4 is 5.73 Å². The van der Waals surface area contributed by atoms with Gasteiger partial charge in [-0.2, -0.15) is 0 Å². The summed E-state index contributed by atoms with van der Waals surface area (Å²) in [7, 11) is 0. The van der Waals surface area contributed by atoms with E-state index in [2.05, 4.69) is 20.8 Å². The second kappa shape index (κ2) is 9.51. The van der Waals surface area contributed by atoms with Crippen LogP contribution in [0.5, 0.6) is 0 Å². The van der Waals surface area contributed by atoms with E-state index in [9.17, 15) is 0 Å². The predicted octanol–water partition coefficient (Wildman–Crippen LogP) is 4.11. The lowest BCUT2D eigenvalue weighted by Gasteiger charge is -2.10. The Bertz CT molecular complexity index is 110. The van der Waals surface area contributed by atoms with Crippen molar-refractivity contribution in [3.05, 3.63) is 0 Å². The van der Waals surface area contributed by atoms with E-state index in [0.29, 0.717) is 6.04 Å². The second-order valence-corrected chi connectivity index (χ2v) is 4.93. The fraction of sp³-hybridized carbons (Fsp3) is 1.00. The minimum atomic E-state index is 0.467. The number of nitrogens with two attached hydrogens (primary N) is 1. The van der Waals surface area contributed by atoms with E-state index in [1.165, 1.54) is 51.4 Å². The maximum absolute atomic E-state index is 6.00. The van der Waals surface area contributed by atoms with E-state index in [0.717, 1.165) is 5.92 Å². The second-order valence-electron chi connectivity index (χ2n) is 4.93. The molecule has 1 unspecified atom stereocenters. The molecule has 0 amide bonds. The van der Waals surface area contributed by atoms with Gasteiger partial charge in [0.1, 0.15) is 0 Å². The molecule has 0 radical (unpaired) electrons. The third-order valence-corrected chi connectivity index (χ3v) is 2.78. The molecule has 0 aliphatic heterocycles. The highest BCUT2D eigenvalue weighted by molar-refractivity contribution is 4.61. The molecular weight excluding hydrogens is 170 g/mol. The maximum atomic E-state index is 6.00. The van der Waals surface area contributed by atoms with Crippen LogP contribution in [-0.4, -0.2) is 6.04 Å². The summed E-state index contributed by atoms with van der Waals surface area (Å²) in [5, 5.41) is 0. The van der Waals surface area contributed by atoms with Crippen molar-refractivity contribution in [2.24, 2.45) is 11.7 Å². The highest BCUT2D eigenvalue weighted by Crippen LogP contribution is 2.11. The molecule has 1 heteroatoms. The molecule has 1 nitrogen and oxygen atoms in total. The van der Waals surface area contributed by atoms with Gasteiger partial charge in [0.2, 0.25) is 0 Å². The number of unbranched alkanes of at least 4 members (excludes halogenated alkanes) is 3. The van der Waals surface area contributed by atoms with E-state index in [4.69, 9.17) is 5.73 Å². The Balaban J connectivity index is 3.10. The van der Waals surface area contributed by atoms with Crippen LogP contribution in [0.1, 0.15) is 72.1 Å². The molecule has 0 spiro atoms. The molecule has 0 saturated heterocycles. The Labute approximate surface area is 90.5 Å². The Morgan fingerprint density at radius 2 is 1.43 bits per heavy atom. The van der Waals surface area contributed by atoms with Crippen LogP contribution >= 0.6 is 0 Å². The van der Waals surface area contributed by atoms with Crippen LogP contribution in [0, 0.1) is 5.92 Å². The maximum Gasteiger partial charge on any atom is 0.00388 e. The lowest BCUT2D eigenvalue weighted by Crippen LogP contribution is -2.19. The van der Waals surface area contributed by atoms with E-state index in [1.54, 1.807) is 0 Å². The van der Waals surface area contributed by atoms with Crippen molar-refractivity contribution in [3.8, 4) is 0 Å². The Morgan fingerprint density at radius 1 is 0.857 bits per heavy atom. The first-order valence-electron chi connectivity index (χ1n) is 6.42. The Morgan fingerprint density at radius 3 is 2.00 bits per heavy atom. The Hall–Kier alpha value is -0.0400. The van der Waals surface area contributed by atoms with E-state index in [1.807, 2.05) is 0 Å². The number of hydrogen-bond acceptors (Lipinski definition) is 1. The molecule has 0 aliphatic rings. The van der Waals surface area contributed by atoms with Crippen molar-refractivity contribution in [2.75, 3.05) is 0 Å². The number of rotatable bonds is 9. The lowest BCUT2D eigenvalue weighted by molar-refractivity contribution is 0.479. The minimum absolute atomic E-state index is 0.467. The molecule has 2 N–H and O–H groups in total. The van der Waals surface area contributed by atoms with Crippen LogP contribution in [-0.2, 0) is 0 Å². The van der Waals surface area contributed by atoms with Crippen molar-refractivity contribution in [2.45, 2.75) is 78.2 Å². The molecule has 14 heavy (non-hydrogen) atoms. The summed E-state index contributed by atoms with van der Waals surface area (Å²) in [4.78, 5) is 0. The summed E-state index contributed by atoms with van der Waals surface area (Å²) in [5.74, 6) is 0.865. The normalized spacial score (nSPS) is 13.5. The van der Waals surface area contributed by atoms with Crippen molar-refractivity contribution in [3.63, 3.8) is 0 Å². The molecule has 0 rings (SSSR count). The fourth-order valence-corrected chi connectivity index (χ4v) is 1.75. The lowest BCUT2D eigenvalue weighted by atomic mass is 10.0. The van der Waals surface area contributed by atoms with Crippen molar-refractivity contribution >= 4 is 0 Å². The van der Waals surface area contributed by atoms with Gasteiger partial charge in [-0.15, -0.1) is 0 Å². The molecule has 0 fully saturated rings. The summed E-state index contributed by atoms with van der Waals surface area (Å²) in [6.45, 7) is 6.83. The standard InChI is InChI=1S/C13H29N/c1-4-5-10-13(14)11-8-6-7-9-12(2)3/h12-13H,4-11,14H2,1-3H3. The molecule has 0 aromatic heterocycles. The van der Waals surface area contributed by atoms with Gasteiger partial charge in [0.25, 0.3) is 0 Å². The molecule has 0 bridgehead atoms. The molecule has 86 valence electrons. The first-order chi connectivity index (χ1) is 6.66. The summed E-state index contributed by atoms with van der Waals surface area (Å²) in [6, 6.07) is 0.467. The van der Waals surface area contributed by atoms with Crippen LogP contribution in [0.2, 0.25) is 0 Å². The largest absolute Gasteiger partial charge is 0.328 e. The van der Waals surface area contributed by atoms with Gasteiger partial charge in [-0.25, -0.2) is 0 Å². The molecule has 0 aromatic rings. The van der Waals surface area contributed by atoms with Gasteiger partial charge in [0.05, 0.1) is 0 Å². The first-order valence-corrected chi connectivity index (χ1v) is 6.42. The minimum Gasteiger partial charge on any atom is -0.328 e. The third-order valence-electron chi connectivity index (χ3n) is 2.78. The first kappa shape index (κ1) is 14.0. The van der Waals surface area contributed by atoms with Gasteiger partial charge in [0.15, 0.2) is 0 Å². The van der Waals surface area contributed by atoms with E-state index >= 15 is 0 Å². The van der Waals surface area contributed by atoms with E-state index in [-0.39, 0.29) is 0 Å². The van der Waals surface area contributed by atoms with Crippen LogP contribution in [0.3, 0.4) is 0 Å². The average Bonchev–Trinajstić information content (AvgIpc) is 2.13. The van der Waals surface area contributed by atoms with Gasteiger partial charge >= 0.3 is 0 Å². The smallest absolute Gasteiger partial charge is 0.00388 e. The van der Waals surface area contributed by atoms with Crippen LogP contribution in [0.4, 0.5) is 0 Å². The summed E-state index contributed by atoms with van der Waals surface area (Å²) < 4.78 is 0. The molecule has 0 aliphatic carbocycles. The monoisotopic (exact) mass is 199 g/mol. The average molecular weight is 199 g/mol. The molecule has 1 atom stereocenters. The Kier molecular flexibility index (Phi) is 9.49. The molecule has 0 saturated carbocycles. The van der Waals surface area contributed by atoms with Gasteiger partial charge < -0.3 is 5.73 Å². The quantitative estimate of drug-likeness (QED) is 0.556. The van der Waals surface area contributed by atoms with Gasteiger partial charge in [-0.05, 0) is 18.8 Å².